The van der Waals surface area contributed by atoms with Crippen LogP contribution in [0.5, 0.6) is 0 Å². The Hall–Kier alpha value is -6.38. The molecule has 1 heterocycles. The molecule has 0 radical (unpaired) electrons. The largest absolute Gasteiger partial charge is 0.455 e. The average Bonchev–Trinajstić information content (AvgIpc) is 3.72. The lowest BCUT2D eigenvalue weighted by molar-refractivity contribution is 0.635. The molecule has 1 aromatic heterocycles. The Morgan fingerprint density at radius 2 is 1.07 bits per heavy atom. The SMILES string of the molecule is CC1C=CC=CC1c1ccc(N(c2ccc(-c3ccccc3)cc2)c2ccc(-c3cccc4c3oc3c5c(ccc34)C(C)(C)c3ccccc3-5)cc2)cc1. The van der Waals surface area contributed by atoms with E-state index in [0.717, 1.165) is 50.1 Å². The minimum Gasteiger partial charge on any atom is -0.455 e. The molecule has 260 valence electrons. The Bertz CT molecular complexity index is 2730. The second kappa shape index (κ2) is 12.6. The van der Waals surface area contributed by atoms with Gasteiger partial charge in [-0.1, -0.05) is 166 Å². The van der Waals surface area contributed by atoms with Crippen LogP contribution in [0.4, 0.5) is 17.1 Å². The van der Waals surface area contributed by atoms with E-state index in [1.807, 2.05) is 0 Å². The fraction of sp³-hybridized carbons (Fsp3) is 0.115. The van der Waals surface area contributed by atoms with Crippen LogP contribution in [-0.4, -0.2) is 0 Å². The normalized spacial score (nSPS) is 16.8. The molecule has 7 aromatic carbocycles. The van der Waals surface area contributed by atoms with Gasteiger partial charge in [0.25, 0.3) is 0 Å². The molecule has 2 nitrogen and oxygen atoms in total. The van der Waals surface area contributed by atoms with Gasteiger partial charge in [-0.3, -0.25) is 0 Å². The minimum atomic E-state index is -0.0749. The van der Waals surface area contributed by atoms with Gasteiger partial charge >= 0.3 is 0 Å². The van der Waals surface area contributed by atoms with E-state index in [-0.39, 0.29) is 5.41 Å². The van der Waals surface area contributed by atoms with E-state index >= 15 is 0 Å². The van der Waals surface area contributed by atoms with E-state index in [9.17, 15) is 0 Å². The zero-order chi connectivity index (χ0) is 36.4. The maximum Gasteiger partial charge on any atom is 0.143 e. The van der Waals surface area contributed by atoms with Gasteiger partial charge in [-0.25, -0.2) is 0 Å². The average molecular weight is 696 g/mol. The van der Waals surface area contributed by atoms with Crippen LogP contribution in [0.1, 0.15) is 43.4 Å². The number of allylic oxidation sites excluding steroid dienone is 4. The number of furan rings is 1. The van der Waals surface area contributed by atoms with Gasteiger partial charge in [0.1, 0.15) is 11.2 Å². The first kappa shape index (κ1) is 32.3. The Morgan fingerprint density at radius 1 is 0.481 bits per heavy atom. The van der Waals surface area contributed by atoms with Crippen molar-refractivity contribution in [2.75, 3.05) is 4.90 Å². The van der Waals surface area contributed by atoms with Crippen LogP contribution in [0.3, 0.4) is 0 Å². The van der Waals surface area contributed by atoms with Crippen molar-refractivity contribution in [3.8, 4) is 33.4 Å². The standard InChI is InChI=1S/C52H41NO/c1-34-12-7-8-15-42(34)37-22-28-40(29-23-37)53(39-26-20-36(21-27-39)35-13-5-4-6-14-35)41-30-24-38(25-31-41)43-17-11-18-44-45-32-33-48-49(51(45)54-50(43)44)46-16-9-10-19-47(46)52(48,2)3/h4-34,42H,1-3H3. The van der Waals surface area contributed by atoms with Gasteiger partial charge in [-0.2, -0.15) is 0 Å². The molecular weight excluding hydrogens is 655 g/mol. The molecule has 0 aliphatic heterocycles. The van der Waals surface area contributed by atoms with Gasteiger partial charge in [0, 0.05) is 50.3 Å². The highest BCUT2D eigenvalue weighted by atomic mass is 16.3. The predicted molar refractivity (Wildman–Crippen MR) is 227 cm³/mol. The number of para-hydroxylation sites is 1. The third-order valence-electron chi connectivity index (χ3n) is 11.8. The first-order valence-electron chi connectivity index (χ1n) is 19.1. The van der Waals surface area contributed by atoms with Crippen LogP contribution in [0.15, 0.2) is 186 Å². The third kappa shape index (κ3) is 5.16. The Morgan fingerprint density at radius 3 is 1.80 bits per heavy atom. The van der Waals surface area contributed by atoms with Gasteiger partial charge in [-0.05, 0) is 81.3 Å². The summed E-state index contributed by atoms with van der Waals surface area (Å²) in [5.41, 5.74) is 16.3. The minimum absolute atomic E-state index is 0.0749. The van der Waals surface area contributed by atoms with Crippen molar-refractivity contribution in [3.63, 3.8) is 0 Å². The lowest BCUT2D eigenvalue weighted by Gasteiger charge is -2.27. The highest BCUT2D eigenvalue weighted by Crippen LogP contribution is 2.53. The van der Waals surface area contributed by atoms with Crippen LogP contribution in [0.2, 0.25) is 0 Å². The topological polar surface area (TPSA) is 16.4 Å². The van der Waals surface area contributed by atoms with Crippen LogP contribution in [0, 0.1) is 5.92 Å². The summed E-state index contributed by atoms with van der Waals surface area (Å²) in [5.74, 6) is 0.847. The first-order chi connectivity index (χ1) is 26.5. The summed E-state index contributed by atoms with van der Waals surface area (Å²) in [7, 11) is 0. The summed E-state index contributed by atoms with van der Waals surface area (Å²) in [4.78, 5) is 2.35. The molecule has 0 fully saturated rings. The molecular formula is C52H41NO. The number of anilines is 3. The maximum atomic E-state index is 6.94. The number of fused-ring (bicyclic) bond motifs is 7. The van der Waals surface area contributed by atoms with Crippen molar-refractivity contribution >= 4 is 39.0 Å². The third-order valence-corrected chi connectivity index (χ3v) is 11.8. The molecule has 2 aliphatic carbocycles. The Kier molecular flexibility index (Phi) is 7.56. The Balaban J connectivity index is 1.05. The van der Waals surface area contributed by atoms with E-state index in [4.69, 9.17) is 4.42 Å². The van der Waals surface area contributed by atoms with Gasteiger partial charge < -0.3 is 9.32 Å². The molecule has 2 atom stereocenters. The monoisotopic (exact) mass is 695 g/mol. The molecule has 2 heteroatoms. The van der Waals surface area contributed by atoms with Crippen LogP contribution < -0.4 is 4.90 Å². The van der Waals surface area contributed by atoms with Gasteiger partial charge in [0.2, 0.25) is 0 Å². The number of hydrogen-bond donors (Lipinski definition) is 0. The molecule has 2 unspecified atom stereocenters. The van der Waals surface area contributed by atoms with E-state index in [2.05, 4.69) is 208 Å². The highest BCUT2D eigenvalue weighted by molar-refractivity contribution is 6.14. The first-order valence-corrected chi connectivity index (χ1v) is 19.1. The molecule has 0 saturated carbocycles. The fourth-order valence-electron chi connectivity index (χ4n) is 8.92. The molecule has 10 rings (SSSR count). The number of benzene rings is 7. The summed E-state index contributed by atoms with van der Waals surface area (Å²) >= 11 is 0. The number of hydrogen-bond acceptors (Lipinski definition) is 2. The van der Waals surface area contributed by atoms with Gasteiger partial charge in [0.15, 0.2) is 0 Å². The summed E-state index contributed by atoms with van der Waals surface area (Å²) in [6, 6.07) is 57.4. The van der Waals surface area contributed by atoms with E-state index in [0.29, 0.717) is 11.8 Å². The highest BCUT2D eigenvalue weighted by Gasteiger charge is 2.37. The van der Waals surface area contributed by atoms with Crippen molar-refractivity contribution in [1.29, 1.82) is 0 Å². The van der Waals surface area contributed by atoms with Crippen molar-refractivity contribution < 1.29 is 4.42 Å². The molecule has 54 heavy (non-hydrogen) atoms. The lowest BCUT2D eigenvalue weighted by atomic mass is 9.82. The summed E-state index contributed by atoms with van der Waals surface area (Å²) in [6.45, 7) is 6.93. The predicted octanol–water partition coefficient (Wildman–Crippen LogP) is 14.5. The Labute approximate surface area is 317 Å². The molecule has 0 saturated heterocycles. The van der Waals surface area contributed by atoms with Crippen molar-refractivity contribution in [2.24, 2.45) is 5.92 Å². The molecule has 0 amide bonds. The van der Waals surface area contributed by atoms with Gasteiger partial charge in [0.05, 0.1) is 0 Å². The molecule has 0 bridgehead atoms. The van der Waals surface area contributed by atoms with Crippen LogP contribution >= 0.6 is 0 Å². The molecule has 0 spiro atoms. The number of nitrogens with zero attached hydrogens (tertiary/aromatic N) is 1. The van der Waals surface area contributed by atoms with Gasteiger partial charge in [-0.15, -0.1) is 0 Å². The van der Waals surface area contributed by atoms with E-state index in [1.54, 1.807) is 0 Å². The summed E-state index contributed by atoms with van der Waals surface area (Å²) in [5, 5.41) is 2.31. The fourth-order valence-corrected chi connectivity index (χ4v) is 8.92. The lowest BCUT2D eigenvalue weighted by Crippen LogP contribution is -2.14. The van der Waals surface area contributed by atoms with E-state index < -0.39 is 0 Å². The second-order valence-corrected chi connectivity index (χ2v) is 15.4. The van der Waals surface area contributed by atoms with E-state index in [1.165, 1.54) is 38.9 Å². The van der Waals surface area contributed by atoms with Crippen LogP contribution in [0.25, 0.3) is 55.3 Å². The van der Waals surface area contributed by atoms with Crippen LogP contribution in [-0.2, 0) is 5.41 Å². The smallest absolute Gasteiger partial charge is 0.143 e. The van der Waals surface area contributed by atoms with Crippen molar-refractivity contribution in [1.82, 2.24) is 0 Å². The van der Waals surface area contributed by atoms with Crippen molar-refractivity contribution in [3.05, 3.63) is 199 Å². The quantitative estimate of drug-likeness (QED) is 0.172. The summed E-state index contributed by atoms with van der Waals surface area (Å²) in [6.07, 6.45) is 8.92. The number of rotatable bonds is 6. The molecule has 0 N–H and O–H groups in total. The zero-order valence-electron chi connectivity index (χ0n) is 30.8. The molecule has 8 aromatic rings. The van der Waals surface area contributed by atoms with Crippen molar-refractivity contribution in [2.45, 2.75) is 32.1 Å². The summed E-state index contributed by atoms with van der Waals surface area (Å²) < 4.78 is 6.94. The maximum absolute atomic E-state index is 6.94. The second-order valence-electron chi connectivity index (χ2n) is 15.4. The zero-order valence-corrected chi connectivity index (χ0v) is 30.8. The molecule has 2 aliphatic rings.